The molecule has 0 aliphatic heterocycles. The number of imidazole rings is 2. The van der Waals surface area contributed by atoms with Crippen molar-refractivity contribution in [2.75, 3.05) is 0 Å². The van der Waals surface area contributed by atoms with Crippen LogP contribution in [0.15, 0.2) is 109 Å². The largest absolute Gasteiger partial charge is 0.511 e. The van der Waals surface area contributed by atoms with Gasteiger partial charge < -0.3 is 37.7 Å². The summed E-state index contributed by atoms with van der Waals surface area (Å²) in [5, 5.41) is 0. The number of aromatic nitrogens is 6. The number of ether oxygens (including phenoxy) is 2. The van der Waals surface area contributed by atoms with Crippen LogP contribution in [0.1, 0.15) is 39.8 Å². The monoisotopic (exact) mass is 1040 g/mol. The summed E-state index contributed by atoms with van der Waals surface area (Å²) in [6.45, 7) is 8.57. The zero-order chi connectivity index (χ0) is 34.2. The van der Waals surface area contributed by atoms with Gasteiger partial charge in [0.25, 0.3) is 0 Å². The molecular formula is C42H32N6O2Pt2-4. The maximum atomic E-state index is 6.23. The van der Waals surface area contributed by atoms with Crippen molar-refractivity contribution >= 4 is 22.1 Å². The third-order valence-electron chi connectivity index (χ3n) is 8.21. The molecule has 0 radical (unpaired) electrons. The standard InChI is InChI=1S/C42H32N6O2.2Pt/c1-29(2)45-27-47(41-17-7-5-15-39(41)45)31-11-9-13-33(23-31)49-35-19-21-43-37(25-35)38-26-36(20-22-44-38)50-34-14-10-12-32(24-34)48-28-46(30(3)4)40-16-6-8-18-42(40)48;;/h5-22,29-30H,1-4H3;;/q-4;;. The molecule has 0 amide bonds. The van der Waals surface area contributed by atoms with Crippen LogP contribution >= 0.6 is 0 Å². The van der Waals surface area contributed by atoms with Crippen LogP contribution in [0.25, 0.3) is 44.8 Å². The smallest absolute Gasteiger partial charge is 0.242 e. The number of fused-ring (bicyclic) bond motifs is 2. The molecule has 0 aliphatic rings. The van der Waals surface area contributed by atoms with E-state index in [9.17, 15) is 0 Å². The van der Waals surface area contributed by atoms with Crippen LogP contribution in [-0.4, -0.2) is 19.1 Å². The zero-order valence-electron chi connectivity index (χ0n) is 28.7. The molecule has 0 aliphatic carbocycles. The predicted octanol–water partition coefficient (Wildman–Crippen LogP) is 8.15. The van der Waals surface area contributed by atoms with Gasteiger partial charge in [-0.2, -0.15) is 36.4 Å². The van der Waals surface area contributed by atoms with Gasteiger partial charge in [0, 0.05) is 65.1 Å². The van der Waals surface area contributed by atoms with E-state index in [4.69, 9.17) is 9.47 Å². The summed E-state index contributed by atoms with van der Waals surface area (Å²) in [5.74, 6) is 2.01. The number of rotatable bonds is 9. The van der Waals surface area contributed by atoms with Crippen molar-refractivity contribution in [3.8, 4) is 45.8 Å². The van der Waals surface area contributed by atoms with Gasteiger partial charge in [0.1, 0.15) is 0 Å². The Kier molecular flexibility index (Phi) is 11.2. The molecule has 4 aromatic heterocycles. The fourth-order valence-corrected chi connectivity index (χ4v) is 5.89. The van der Waals surface area contributed by atoms with Crippen LogP contribution in [0.3, 0.4) is 0 Å². The van der Waals surface area contributed by atoms with Crippen LogP contribution < -0.4 is 18.6 Å². The minimum absolute atomic E-state index is 0. The molecule has 8 aromatic rings. The summed E-state index contributed by atoms with van der Waals surface area (Å²) in [6.07, 6.45) is 10.3. The summed E-state index contributed by atoms with van der Waals surface area (Å²) in [7, 11) is 0. The summed E-state index contributed by atoms with van der Waals surface area (Å²) < 4.78 is 20.7. The summed E-state index contributed by atoms with van der Waals surface area (Å²) in [6, 6.07) is 45.3. The van der Waals surface area contributed by atoms with E-state index >= 15 is 0 Å². The van der Waals surface area contributed by atoms with Crippen molar-refractivity contribution in [1.82, 2.24) is 19.1 Å². The van der Waals surface area contributed by atoms with Crippen molar-refractivity contribution in [3.63, 3.8) is 0 Å². The third kappa shape index (κ3) is 7.37. The Labute approximate surface area is 331 Å². The quantitative estimate of drug-likeness (QED) is 0.108. The topological polar surface area (TPSA) is 61.9 Å². The Morgan fingerprint density at radius 3 is 1.33 bits per heavy atom. The van der Waals surface area contributed by atoms with Crippen molar-refractivity contribution < 1.29 is 60.7 Å². The molecule has 0 atom stereocenters. The minimum Gasteiger partial charge on any atom is -0.511 e. The van der Waals surface area contributed by atoms with Crippen molar-refractivity contribution in [2.45, 2.75) is 39.8 Å². The minimum atomic E-state index is 0. The molecule has 8 nitrogen and oxygen atoms in total. The molecule has 0 saturated heterocycles. The van der Waals surface area contributed by atoms with E-state index in [0.29, 0.717) is 34.4 Å². The SMILES string of the molecule is CC(C)n1[c-][n+](-c2[c-]c(Oc3[c-]c(-c4[c-]c(Oc5[c-]c(-[n+]6[c-]n(C(C)C)c7ccccc76)ccc5)ccn4)ncc3)ccc2)c2ccccc21.[Pt].[Pt]. The number of benzene rings is 4. The molecule has 0 N–H and O–H groups in total. The van der Waals surface area contributed by atoms with Crippen LogP contribution in [0.5, 0.6) is 23.0 Å². The van der Waals surface area contributed by atoms with Crippen LogP contribution in [-0.2, 0) is 42.1 Å². The van der Waals surface area contributed by atoms with Gasteiger partial charge in [-0.25, -0.2) is 0 Å². The van der Waals surface area contributed by atoms with Gasteiger partial charge in [-0.3, -0.25) is 0 Å². The van der Waals surface area contributed by atoms with E-state index in [0.717, 1.165) is 33.4 Å². The van der Waals surface area contributed by atoms with Crippen LogP contribution in [0.4, 0.5) is 0 Å². The van der Waals surface area contributed by atoms with Crippen molar-refractivity contribution in [2.24, 2.45) is 0 Å². The molecule has 4 aromatic carbocycles. The predicted molar refractivity (Wildman–Crippen MR) is 188 cm³/mol. The van der Waals surface area contributed by atoms with Gasteiger partial charge in [-0.15, -0.1) is 47.8 Å². The second kappa shape index (κ2) is 15.8. The second-order valence-corrected chi connectivity index (χ2v) is 12.3. The molecule has 266 valence electrons. The molecule has 8 rings (SSSR count). The van der Waals surface area contributed by atoms with E-state index in [-0.39, 0.29) is 54.2 Å². The van der Waals surface area contributed by atoms with Crippen LogP contribution in [0, 0.1) is 36.9 Å². The fourth-order valence-electron chi connectivity index (χ4n) is 5.89. The maximum Gasteiger partial charge on any atom is 0.242 e. The van der Waals surface area contributed by atoms with Gasteiger partial charge in [-0.1, -0.05) is 59.9 Å². The molecule has 0 spiro atoms. The first kappa shape index (κ1) is 36.9. The zero-order valence-corrected chi connectivity index (χ0v) is 33.2. The summed E-state index contributed by atoms with van der Waals surface area (Å²) in [4.78, 5) is 8.99. The number of nitrogens with zero attached hydrogens (tertiary/aromatic N) is 6. The Morgan fingerprint density at radius 2 is 0.904 bits per heavy atom. The molecule has 0 bridgehead atoms. The normalized spacial score (nSPS) is 11.1. The van der Waals surface area contributed by atoms with Crippen LogP contribution in [0.2, 0.25) is 0 Å². The van der Waals surface area contributed by atoms with Gasteiger partial charge in [0.05, 0.1) is 34.2 Å². The van der Waals surface area contributed by atoms with E-state index in [1.807, 2.05) is 69.8 Å². The molecular weight excluding hydrogens is 1010 g/mol. The van der Waals surface area contributed by atoms with Gasteiger partial charge >= 0.3 is 0 Å². The molecule has 0 fully saturated rings. The molecule has 4 heterocycles. The third-order valence-corrected chi connectivity index (χ3v) is 8.21. The van der Waals surface area contributed by atoms with E-state index < -0.39 is 0 Å². The summed E-state index contributed by atoms with van der Waals surface area (Å²) in [5.41, 5.74) is 6.84. The number of hydrogen-bond acceptors (Lipinski definition) is 4. The average Bonchev–Trinajstić information content (AvgIpc) is 3.72. The first-order valence-electron chi connectivity index (χ1n) is 16.5. The van der Waals surface area contributed by atoms with Gasteiger partial charge in [-0.05, 0) is 40.1 Å². The fraction of sp³-hybridized carbons (Fsp3) is 0.143. The first-order valence-corrected chi connectivity index (χ1v) is 16.5. The van der Waals surface area contributed by atoms with E-state index in [1.54, 1.807) is 24.5 Å². The number of hydrogen-bond donors (Lipinski definition) is 0. The maximum absolute atomic E-state index is 6.23. The Hall–Kier alpha value is -4.90. The first-order chi connectivity index (χ1) is 24.4. The van der Waals surface area contributed by atoms with E-state index in [2.05, 4.69) is 108 Å². The molecule has 0 unspecified atom stereocenters. The Balaban J connectivity index is 0.00000232. The molecule has 10 heteroatoms. The van der Waals surface area contributed by atoms with Gasteiger partial charge in [0.2, 0.25) is 12.7 Å². The van der Waals surface area contributed by atoms with Crippen molar-refractivity contribution in [1.29, 1.82) is 0 Å². The Morgan fingerprint density at radius 1 is 0.500 bits per heavy atom. The van der Waals surface area contributed by atoms with Gasteiger partial charge in [0.15, 0.2) is 0 Å². The van der Waals surface area contributed by atoms with Crippen molar-refractivity contribution in [3.05, 3.63) is 146 Å². The Bertz CT molecular complexity index is 2320. The molecule has 52 heavy (non-hydrogen) atoms. The number of para-hydroxylation sites is 4. The average molecular weight is 1040 g/mol. The van der Waals surface area contributed by atoms with E-state index in [1.165, 1.54) is 0 Å². The summed E-state index contributed by atoms with van der Waals surface area (Å²) >= 11 is 0. The second-order valence-electron chi connectivity index (χ2n) is 12.3. The molecule has 0 saturated carbocycles. The number of pyridine rings is 2.